The minimum Gasteiger partial charge on any atom is -0.493 e. The Hall–Kier alpha value is -3.28. The predicted molar refractivity (Wildman–Crippen MR) is 191 cm³/mol. The van der Waals surface area contributed by atoms with Crippen LogP contribution in [0.3, 0.4) is 0 Å². The SMILES string of the molecule is CCOC(=O)C1=C(C)NC(=O)N[C@@H]1c1ccc(OCC(=O)N/N=C/c2cc(I)cc(I)c2OCc2ccc(Cl)cc2Cl)c(OC)c1. The Bertz CT molecular complexity index is 1720. The van der Waals surface area contributed by atoms with Gasteiger partial charge in [-0.3, -0.25) is 4.79 Å². The van der Waals surface area contributed by atoms with E-state index in [1.54, 1.807) is 50.2 Å². The third kappa shape index (κ3) is 9.17. The van der Waals surface area contributed by atoms with E-state index in [1.807, 2.05) is 12.1 Å². The van der Waals surface area contributed by atoms with E-state index in [-0.39, 0.29) is 31.1 Å². The summed E-state index contributed by atoms with van der Waals surface area (Å²) in [6, 6.07) is 12.6. The lowest BCUT2D eigenvalue weighted by atomic mass is 9.95. The maximum atomic E-state index is 12.6. The smallest absolute Gasteiger partial charge is 0.338 e. The van der Waals surface area contributed by atoms with Gasteiger partial charge in [-0.2, -0.15) is 5.10 Å². The van der Waals surface area contributed by atoms with E-state index in [1.165, 1.54) is 13.3 Å². The van der Waals surface area contributed by atoms with E-state index < -0.39 is 23.9 Å². The highest BCUT2D eigenvalue weighted by molar-refractivity contribution is 14.1. The number of hydrazone groups is 1. The molecule has 1 aliphatic heterocycles. The van der Waals surface area contributed by atoms with Gasteiger partial charge in [0.1, 0.15) is 12.4 Å². The van der Waals surface area contributed by atoms with Crippen molar-refractivity contribution in [3.63, 3.8) is 0 Å². The minimum atomic E-state index is -0.783. The molecule has 4 rings (SSSR count). The van der Waals surface area contributed by atoms with Gasteiger partial charge in [0.15, 0.2) is 18.1 Å². The number of nitrogens with one attached hydrogen (secondary N) is 3. The molecule has 0 unspecified atom stereocenters. The molecule has 0 aliphatic carbocycles. The van der Waals surface area contributed by atoms with Gasteiger partial charge < -0.3 is 29.6 Å². The first-order valence-corrected chi connectivity index (χ1v) is 16.6. The van der Waals surface area contributed by atoms with Crippen LogP contribution in [0, 0.1) is 7.14 Å². The molecule has 242 valence electrons. The average molecular weight is 893 g/mol. The summed E-state index contributed by atoms with van der Waals surface area (Å²) in [5.41, 5.74) is 5.07. The summed E-state index contributed by atoms with van der Waals surface area (Å²) in [7, 11) is 1.44. The Morgan fingerprint density at radius 1 is 1.07 bits per heavy atom. The molecular formula is C31H28Cl2I2N4O7. The number of benzene rings is 3. The Morgan fingerprint density at radius 2 is 1.85 bits per heavy atom. The number of methoxy groups -OCH3 is 1. The molecule has 3 amide bonds. The van der Waals surface area contributed by atoms with E-state index in [4.69, 9.17) is 42.1 Å². The lowest BCUT2D eigenvalue weighted by Gasteiger charge is -2.28. The number of carbonyl (C=O) groups excluding carboxylic acids is 3. The normalized spacial score (nSPS) is 14.4. The van der Waals surface area contributed by atoms with E-state index in [9.17, 15) is 14.4 Å². The number of urea groups is 1. The van der Waals surface area contributed by atoms with Crippen LogP contribution in [0.5, 0.6) is 17.2 Å². The van der Waals surface area contributed by atoms with Gasteiger partial charge in [0.25, 0.3) is 5.91 Å². The zero-order valence-electron chi connectivity index (χ0n) is 24.7. The van der Waals surface area contributed by atoms with Crippen molar-refractivity contribution < 1.29 is 33.3 Å². The first-order valence-electron chi connectivity index (χ1n) is 13.6. The van der Waals surface area contributed by atoms with E-state index in [0.717, 1.165) is 12.7 Å². The van der Waals surface area contributed by atoms with Crippen molar-refractivity contribution in [1.29, 1.82) is 0 Å². The standard InChI is InChI=1S/C31H28Cl2I2N4O7/c1-4-44-30(41)27-16(2)37-31(42)38-28(27)17-6-8-24(25(10-17)43-3)45-15-26(40)39-36-13-19-9-21(34)12-23(35)29(19)46-14-18-5-7-20(32)11-22(18)33/h5-13,28H,4,14-15H2,1-3H3,(H,39,40)(H2,37,38,42)/b36-13+/t28-/m1/s1. The van der Waals surface area contributed by atoms with Crippen LogP contribution in [-0.4, -0.2) is 44.4 Å². The number of ether oxygens (including phenoxy) is 4. The molecular weight excluding hydrogens is 865 g/mol. The fourth-order valence-electron chi connectivity index (χ4n) is 4.37. The Balaban J connectivity index is 1.42. The molecule has 15 heteroatoms. The fourth-order valence-corrected chi connectivity index (χ4v) is 6.88. The number of amides is 3. The van der Waals surface area contributed by atoms with Crippen LogP contribution in [0.2, 0.25) is 10.0 Å². The van der Waals surface area contributed by atoms with Crippen molar-refractivity contribution in [1.82, 2.24) is 16.1 Å². The molecule has 0 radical (unpaired) electrons. The molecule has 3 aromatic rings. The number of rotatable bonds is 12. The molecule has 1 atom stereocenters. The van der Waals surface area contributed by atoms with Crippen LogP contribution in [-0.2, 0) is 20.9 Å². The molecule has 1 heterocycles. The van der Waals surface area contributed by atoms with Crippen molar-refractivity contribution in [2.24, 2.45) is 5.10 Å². The predicted octanol–water partition coefficient (Wildman–Crippen LogP) is 6.51. The van der Waals surface area contributed by atoms with Gasteiger partial charge in [0, 0.05) is 30.4 Å². The number of allylic oxidation sites excluding steroid dienone is 1. The van der Waals surface area contributed by atoms with Gasteiger partial charge >= 0.3 is 12.0 Å². The van der Waals surface area contributed by atoms with Crippen molar-refractivity contribution in [2.75, 3.05) is 20.3 Å². The monoisotopic (exact) mass is 892 g/mol. The van der Waals surface area contributed by atoms with Crippen molar-refractivity contribution in [2.45, 2.75) is 26.5 Å². The quantitative estimate of drug-likeness (QED) is 0.0817. The summed E-state index contributed by atoms with van der Waals surface area (Å²) in [5, 5.41) is 10.4. The van der Waals surface area contributed by atoms with Crippen LogP contribution >= 0.6 is 68.4 Å². The van der Waals surface area contributed by atoms with Crippen LogP contribution in [0.25, 0.3) is 0 Å². The molecule has 0 aromatic heterocycles. The summed E-state index contributed by atoms with van der Waals surface area (Å²) in [5.74, 6) is 0.0591. The summed E-state index contributed by atoms with van der Waals surface area (Å²) < 4.78 is 24.2. The van der Waals surface area contributed by atoms with Gasteiger partial charge in [0.05, 0.1) is 35.1 Å². The second kappa shape index (κ2) is 16.5. The zero-order valence-corrected chi connectivity index (χ0v) is 30.5. The summed E-state index contributed by atoms with van der Waals surface area (Å²) in [6.45, 7) is 3.34. The van der Waals surface area contributed by atoms with Gasteiger partial charge in [-0.05, 0) is 101 Å². The molecule has 0 bridgehead atoms. The molecule has 11 nitrogen and oxygen atoms in total. The lowest BCUT2D eigenvalue weighted by molar-refractivity contribution is -0.139. The third-order valence-electron chi connectivity index (χ3n) is 6.46. The second-order valence-corrected chi connectivity index (χ2v) is 12.9. The highest BCUT2D eigenvalue weighted by Gasteiger charge is 2.32. The number of nitrogens with zero attached hydrogens (tertiary/aromatic N) is 1. The molecule has 3 aromatic carbocycles. The van der Waals surface area contributed by atoms with Gasteiger partial charge in [-0.15, -0.1) is 0 Å². The Kier molecular flexibility index (Phi) is 12.8. The molecule has 0 fully saturated rings. The van der Waals surface area contributed by atoms with Crippen LogP contribution < -0.4 is 30.3 Å². The largest absolute Gasteiger partial charge is 0.493 e. The molecule has 0 saturated heterocycles. The van der Waals surface area contributed by atoms with Crippen LogP contribution in [0.15, 0.2) is 64.9 Å². The van der Waals surface area contributed by atoms with Gasteiger partial charge in [0.2, 0.25) is 0 Å². The minimum absolute atomic E-state index is 0.178. The van der Waals surface area contributed by atoms with E-state index >= 15 is 0 Å². The molecule has 3 N–H and O–H groups in total. The van der Waals surface area contributed by atoms with Gasteiger partial charge in [-0.25, -0.2) is 15.0 Å². The first-order chi connectivity index (χ1) is 22.0. The first kappa shape index (κ1) is 35.6. The van der Waals surface area contributed by atoms with Crippen molar-refractivity contribution in [3.05, 3.63) is 93.7 Å². The molecule has 0 spiro atoms. The number of carbonyl (C=O) groups is 3. The number of esters is 1. The maximum absolute atomic E-state index is 12.6. The second-order valence-electron chi connectivity index (χ2n) is 9.61. The van der Waals surface area contributed by atoms with E-state index in [0.29, 0.717) is 38.4 Å². The zero-order chi connectivity index (χ0) is 33.4. The Morgan fingerprint density at radius 3 is 2.57 bits per heavy atom. The highest BCUT2D eigenvalue weighted by atomic mass is 127. The summed E-state index contributed by atoms with van der Waals surface area (Å²) in [6.07, 6.45) is 1.49. The molecule has 46 heavy (non-hydrogen) atoms. The molecule has 1 aliphatic rings. The number of halogens is 4. The van der Waals surface area contributed by atoms with Crippen LogP contribution in [0.1, 0.15) is 36.6 Å². The third-order valence-corrected chi connectivity index (χ3v) is 8.47. The summed E-state index contributed by atoms with van der Waals surface area (Å²) in [4.78, 5) is 37.4. The number of hydrogen-bond donors (Lipinski definition) is 3. The van der Waals surface area contributed by atoms with Crippen LogP contribution in [0.4, 0.5) is 4.79 Å². The lowest BCUT2D eigenvalue weighted by Crippen LogP contribution is -2.45. The topological polar surface area (TPSA) is 137 Å². The van der Waals surface area contributed by atoms with Gasteiger partial charge in [-0.1, -0.05) is 35.3 Å². The Labute approximate surface area is 302 Å². The summed E-state index contributed by atoms with van der Waals surface area (Å²) >= 11 is 16.7. The van der Waals surface area contributed by atoms with E-state index in [2.05, 4.69) is 66.3 Å². The highest BCUT2D eigenvalue weighted by Crippen LogP contribution is 2.35. The maximum Gasteiger partial charge on any atom is 0.338 e. The number of hydrogen-bond acceptors (Lipinski definition) is 8. The fraction of sp³-hybridized carbons (Fsp3) is 0.226. The van der Waals surface area contributed by atoms with Crippen molar-refractivity contribution in [3.8, 4) is 17.2 Å². The molecule has 0 saturated carbocycles. The van der Waals surface area contributed by atoms with Crippen molar-refractivity contribution >= 4 is 92.5 Å². The average Bonchev–Trinajstić information content (AvgIpc) is 3.00.